The maximum atomic E-state index is 11.9. The van der Waals surface area contributed by atoms with E-state index in [0.29, 0.717) is 24.3 Å². The van der Waals surface area contributed by atoms with Crippen molar-refractivity contribution in [1.29, 1.82) is 0 Å². The predicted octanol–water partition coefficient (Wildman–Crippen LogP) is 2.03. The van der Waals surface area contributed by atoms with Crippen LogP contribution in [0.5, 0.6) is 0 Å². The summed E-state index contributed by atoms with van der Waals surface area (Å²) in [5.74, 6) is -0.118. The molecule has 0 unspecified atom stereocenters. The molecule has 1 aromatic rings. The van der Waals surface area contributed by atoms with Crippen LogP contribution in [-0.4, -0.2) is 44.0 Å². The molecule has 0 aliphatic rings. The molecule has 0 heterocycles. The number of hydrogen-bond acceptors (Lipinski definition) is 4. The smallest absolute Gasteiger partial charge is 0.251 e. The highest BCUT2D eigenvalue weighted by atomic mass is 16.1. The number of azide groups is 1. The van der Waals surface area contributed by atoms with Crippen molar-refractivity contribution in [1.82, 2.24) is 10.2 Å². The van der Waals surface area contributed by atoms with Gasteiger partial charge in [0.1, 0.15) is 0 Å². The molecule has 0 aliphatic heterocycles. The van der Waals surface area contributed by atoms with E-state index in [-0.39, 0.29) is 5.91 Å². The van der Waals surface area contributed by atoms with Gasteiger partial charge >= 0.3 is 0 Å². The molecule has 3 N–H and O–H groups in total. The van der Waals surface area contributed by atoms with E-state index in [2.05, 4.69) is 20.2 Å². The summed E-state index contributed by atoms with van der Waals surface area (Å²) in [6, 6.07) is 6.53. The summed E-state index contributed by atoms with van der Waals surface area (Å²) in [6.07, 6.45) is 1.88. The third-order valence-electron chi connectivity index (χ3n) is 3.04. The number of carbonyl (C=O) groups excluding carboxylic acids is 1. The van der Waals surface area contributed by atoms with E-state index >= 15 is 0 Å². The Morgan fingerprint density at radius 1 is 1.33 bits per heavy atom. The number of hydrogen-bond donors (Lipinski definition) is 2. The van der Waals surface area contributed by atoms with Crippen LogP contribution in [0.4, 0.5) is 5.69 Å². The summed E-state index contributed by atoms with van der Waals surface area (Å²) in [5, 5.41) is 6.33. The largest absolute Gasteiger partial charge is 0.352 e. The third-order valence-corrected chi connectivity index (χ3v) is 3.04. The van der Waals surface area contributed by atoms with E-state index in [1.807, 2.05) is 7.05 Å². The first-order valence-corrected chi connectivity index (χ1v) is 6.99. The van der Waals surface area contributed by atoms with Crippen molar-refractivity contribution in [3.8, 4) is 0 Å². The highest BCUT2D eigenvalue weighted by Gasteiger charge is 2.04. The second kappa shape index (κ2) is 9.77. The lowest BCUT2D eigenvalue weighted by Gasteiger charge is -2.15. The Labute approximate surface area is 124 Å². The minimum absolute atomic E-state index is 0.118. The molecule has 7 heteroatoms. The van der Waals surface area contributed by atoms with E-state index in [4.69, 9.17) is 11.3 Å². The lowest BCUT2D eigenvalue weighted by molar-refractivity contribution is 0.0952. The van der Waals surface area contributed by atoms with Gasteiger partial charge in [0.25, 0.3) is 5.91 Å². The fraction of sp³-hybridized carbons (Fsp3) is 0.500. The lowest BCUT2D eigenvalue weighted by atomic mass is 10.2. The molecule has 0 radical (unpaired) electrons. The zero-order chi connectivity index (χ0) is 15.5. The van der Waals surface area contributed by atoms with Crippen LogP contribution in [0.3, 0.4) is 0 Å². The summed E-state index contributed by atoms with van der Waals surface area (Å²) in [6.45, 7) is 3.23. The summed E-state index contributed by atoms with van der Waals surface area (Å²) >= 11 is 0. The number of rotatable bonds is 9. The fourth-order valence-electron chi connectivity index (χ4n) is 1.86. The first kappa shape index (κ1) is 17.0. The first-order valence-electron chi connectivity index (χ1n) is 6.99. The maximum absolute atomic E-state index is 11.9. The van der Waals surface area contributed by atoms with Crippen LogP contribution < -0.4 is 11.1 Å². The van der Waals surface area contributed by atoms with Crippen molar-refractivity contribution < 1.29 is 4.79 Å². The second-order valence-electron chi connectivity index (χ2n) is 4.79. The average Bonchev–Trinajstić information content (AvgIpc) is 2.50. The molecule has 0 saturated heterocycles. The monoisotopic (exact) mass is 290 g/mol. The Kier molecular flexibility index (Phi) is 7.89. The first-order chi connectivity index (χ1) is 10.2. The maximum Gasteiger partial charge on any atom is 0.251 e. The van der Waals surface area contributed by atoms with Gasteiger partial charge in [-0.1, -0.05) is 17.2 Å². The molecule has 1 amide bonds. The third kappa shape index (κ3) is 6.76. The summed E-state index contributed by atoms with van der Waals surface area (Å²) in [7, 11) is 2.05. The summed E-state index contributed by atoms with van der Waals surface area (Å²) < 4.78 is 0. The van der Waals surface area contributed by atoms with Crippen molar-refractivity contribution in [2.45, 2.75) is 12.8 Å². The molecular weight excluding hydrogens is 268 g/mol. The molecule has 114 valence electrons. The van der Waals surface area contributed by atoms with Crippen LogP contribution in [0.1, 0.15) is 23.2 Å². The number of nitrogens with zero attached hydrogens (tertiary/aromatic N) is 4. The molecule has 1 rings (SSSR count). The Hall–Kier alpha value is -2.08. The Morgan fingerprint density at radius 2 is 2.00 bits per heavy atom. The SMILES string of the molecule is CN(CCCN)CCCNC(=O)c1ccc(N=[N+]=[N-])cc1. The number of amides is 1. The molecule has 0 atom stereocenters. The van der Waals surface area contributed by atoms with E-state index in [0.717, 1.165) is 25.9 Å². The molecule has 0 saturated carbocycles. The quantitative estimate of drug-likeness (QED) is 0.314. The summed E-state index contributed by atoms with van der Waals surface area (Å²) in [5.41, 5.74) is 14.8. The molecule has 7 nitrogen and oxygen atoms in total. The van der Waals surface area contributed by atoms with Gasteiger partial charge in [0.05, 0.1) is 0 Å². The lowest BCUT2D eigenvalue weighted by Crippen LogP contribution is -2.29. The summed E-state index contributed by atoms with van der Waals surface area (Å²) in [4.78, 5) is 16.8. The number of benzene rings is 1. The molecular formula is C14H22N6O. The van der Waals surface area contributed by atoms with Gasteiger partial charge in [0, 0.05) is 22.7 Å². The number of carbonyl (C=O) groups is 1. The molecule has 0 bridgehead atoms. The minimum atomic E-state index is -0.118. The predicted molar refractivity (Wildman–Crippen MR) is 83.4 cm³/mol. The zero-order valence-corrected chi connectivity index (χ0v) is 12.3. The van der Waals surface area contributed by atoms with Crippen LogP contribution in [0, 0.1) is 0 Å². The normalized spacial score (nSPS) is 10.2. The topological polar surface area (TPSA) is 107 Å². The minimum Gasteiger partial charge on any atom is -0.352 e. The van der Waals surface area contributed by atoms with Gasteiger partial charge in [-0.25, -0.2) is 0 Å². The van der Waals surface area contributed by atoms with Gasteiger partial charge in [-0.05, 0) is 57.2 Å². The standard InChI is InChI=1S/C14H22N6O/c1-20(10-2-8-15)11-3-9-17-14(21)12-4-6-13(7-5-12)18-19-16/h4-7H,2-3,8-11,15H2,1H3,(H,17,21). The number of nitrogens with two attached hydrogens (primary N) is 1. The Bertz CT molecular complexity index is 481. The van der Waals surface area contributed by atoms with E-state index < -0.39 is 0 Å². The molecule has 0 aliphatic carbocycles. The number of nitrogens with one attached hydrogen (secondary N) is 1. The molecule has 0 aromatic heterocycles. The Balaban J connectivity index is 2.28. The fourth-order valence-corrected chi connectivity index (χ4v) is 1.86. The van der Waals surface area contributed by atoms with Crippen molar-refractivity contribution in [2.75, 3.05) is 33.2 Å². The van der Waals surface area contributed by atoms with Crippen molar-refractivity contribution >= 4 is 11.6 Å². The molecule has 0 spiro atoms. The van der Waals surface area contributed by atoms with Gasteiger partial charge in [-0.15, -0.1) is 0 Å². The van der Waals surface area contributed by atoms with E-state index in [9.17, 15) is 4.79 Å². The molecule has 1 aromatic carbocycles. The van der Waals surface area contributed by atoms with Crippen LogP contribution in [0.15, 0.2) is 29.4 Å². The van der Waals surface area contributed by atoms with Gasteiger partial charge in [0.2, 0.25) is 0 Å². The van der Waals surface area contributed by atoms with Crippen LogP contribution >= 0.6 is 0 Å². The van der Waals surface area contributed by atoms with Gasteiger partial charge < -0.3 is 16.0 Å². The molecule has 0 fully saturated rings. The second-order valence-corrected chi connectivity index (χ2v) is 4.79. The Morgan fingerprint density at radius 3 is 2.62 bits per heavy atom. The van der Waals surface area contributed by atoms with E-state index in [1.165, 1.54) is 0 Å². The van der Waals surface area contributed by atoms with Gasteiger partial charge in [-0.2, -0.15) is 0 Å². The van der Waals surface area contributed by atoms with Crippen molar-refractivity contribution in [3.05, 3.63) is 40.3 Å². The highest BCUT2D eigenvalue weighted by Crippen LogP contribution is 2.12. The highest BCUT2D eigenvalue weighted by molar-refractivity contribution is 5.94. The van der Waals surface area contributed by atoms with Crippen LogP contribution in [-0.2, 0) is 0 Å². The van der Waals surface area contributed by atoms with Crippen LogP contribution in [0.25, 0.3) is 10.4 Å². The average molecular weight is 290 g/mol. The van der Waals surface area contributed by atoms with Crippen molar-refractivity contribution in [2.24, 2.45) is 10.8 Å². The van der Waals surface area contributed by atoms with Crippen LogP contribution in [0.2, 0.25) is 0 Å². The van der Waals surface area contributed by atoms with Crippen molar-refractivity contribution in [3.63, 3.8) is 0 Å². The molecule has 21 heavy (non-hydrogen) atoms. The van der Waals surface area contributed by atoms with E-state index in [1.54, 1.807) is 24.3 Å². The zero-order valence-electron chi connectivity index (χ0n) is 12.3. The van der Waals surface area contributed by atoms with Gasteiger partial charge in [-0.3, -0.25) is 4.79 Å². The van der Waals surface area contributed by atoms with Gasteiger partial charge in [0.15, 0.2) is 0 Å².